The van der Waals surface area contributed by atoms with E-state index in [0.717, 1.165) is 15.6 Å². The number of aromatic amines is 1. The maximum absolute atomic E-state index is 5.88. The van der Waals surface area contributed by atoms with Crippen molar-refractivity contribution in [3.05, 3.63) is 34.3 Å². The number of fused-ring (bicyclic) bond motifs is 1. The van der Waals surface area contributed by atoms with Crippen molar-refractivity contribution in [3.63, 3.8) is 0 Å². The van der Waals surface area contributed by atoms with Gasteiger partial charge in [0, 0.05) is 10.7 Å². The highest BCUT2D eigenvalue weighted by Crippen LogP contribution is 2.28. The predicted octanol–water partition coefficient (Wildman–Crippen LogP) is 3.63. The summed E-state index contributed by atoms with van der Waals surface area (Å²) >= 11 is 9.23. The molecule has 0 spiro atoms. The van der Waals surface area contributed by atoms with E-state index in [0.29, 0.717) is 16.7 Å². The van der Waals surface area contributed by atoms with Crippen LogP contribution in [0.5, 0.6) is 0 Å². The molecule has 0 aromatic carbocycles. The van der Waals surface area contributed by atoms with Gasteiger partial charge in [-0.2, -0.15) is 0 Å². The lowest BCUT2D eigenvalue weighted by Gasteiger charge is -1.89. The molecule has 0 amide bonds. The molecule has 0 radical (unpaired) electrons. The van der Waals surface area contributed by atoms with Crippen LogP contribution in [0.2, 0.25) is 5.22 Å². The SMILES string of the molecule is Clc1occc1-c1nc2ncc(Br)cc2[nH]1. The number of hydrogen-bond donors (Lipinski definition) is 1. The summed E-state index contributed by atoms with van der Waals surface area (Å²) in [7, 11) is 0. The Bertz CT molecular complexity index is 661. The molecule has 3 aromatic rings. The molecule has 4 nitrogen and oxygen atoms in total. The number of H-pyrrole nitrogens is 1. The van der Waals surface area contributed by atoms with Crippen molar-refractivity contribution in [1.29, 1.82) is 0 Å². The van der Waals surface area contributed by atoms with Gasteiger partial charge in [-0.3, -0.25) is 0 Å². The molecule has 0 saturated heterocycles. The summed E-state index contributed by atoms with van der Waals surface area (Å²) in [6.45, 7) is 0. The fourth-order valence-corrected chi connectivity index (χ4v) is 2.00. The smallest absolute Gasteiger partial charge is 0.203 e. The molecule has 16 heavy (non-hydrogen) atoms. The first-order valence-electron chi connectivity index (χ1n) is 4.48. The molecular weight excluding hydrogens is 293 g/mol. The van der Waals surface area contributed by atoms with Crippen LogP contribution in [0, 0.1) is 0 Å². The van der Waals surface area contributed by atoms with Crippen molar-refractivity contribution < 1.29 is 4.42 Å². The van der Waals surface area contributed by atoms with Crippen molar-refractivity contribution >= 4 is 38.7 Å². The number of aromatic nitrogens is 3. The van der Waals surface area contributed by atoms with Gasteiger partial charge in [0.2, 0.25) is 5.22 Å². The van der Waals surface area contributed by atoms with Gasteiger partial charge in [-0.1, -0.05) is 0 Å². The average Bonchev–Trinajstić information content (AvgIpc) is 2.82. The summed E-state index contributed by atoms with van der Waals surface area (Å²) in [6, 6.07) is 3.67. The van der Waals surface area contributed by atoms with Crippen LogP contribution in [0.3, 0.4) is 0 Å². The van der Waals surface area contributed by atoms with Gasteiger partial charge in [-0.05, 0) is 39.7 Å². The Morgan fingerprint density at radius 3 is 3.06 bits per heavy atom. The molecule has 1 N–H and O–H groups in total. The second kappa shape index (κ2) is 3.61. The Labute approximate surface area is 104 Å². The lowest BCUT2D eigenvalue weighted by molar-refractivity contribution is 0.570. The van der Waals surface area contributed by atoms with Gasteiger partial charge < -0.3 is 9.40 Å². The molecule has 3 aromatic heterocycles. The number of halogens is 2. The number of hydrogen-bond acceptors (Lipinski definition) is 3. The van der Waals surface area contributed by atoms with Crippen LogP contribution in [-0.2, 0) is 0 Å². The highest BCUT2D eigenvalue weighted by atomic mass is 79.9. The molecule has 3 rings (SSSR count). The van der Waals surface area contributed by atoms with Crippen LogP contribution in [-0.4, -0.2) is 15.0 Å². The minimum atomic E-state index is 0.318. The zero-order valence-corrected chi connectivity index (χ0v) is 10.2. The molecule has 0 saturated carbocycles. The second-order valence-electron chi connectivity index (χ2n) is 3.22. The van der Waals surface area contributed by atoms with Crippen molar-refractivity contribution in [1.82, 2.24) is 15.0 Å². The number of furan rings is 1. The Morgan fingerprint density at radius 2 is 2.31 bits per heavy atom. The zero-order valence-electron chi connectivity index (χ0n) is 7.87. The fourth-order valence-electron chi connectivity index (χ4n) is 1.46. The van der Waals surface area contributed by atoms with E-state index in [2.05, 4.69) is 30.9 Å². The van der Waals surface area contributed by atoms with E-state index >= 15 is 0 Å². The van der Waals surface area contributed by atoms with Crippen LogP contribution in [0.25, 0.3) is 22.6 Å². The molecule has 0 aliphatic heterocycles. The molecule has 0 bridgehead atoms. The Kier molecular flexibility index (Phi) is 2.22. The number of rotatable bonds is 1. The normalized spacial score (nSPS) is 11.1. The van der Waals surface area contributed by atoms with E-state index in [-0.39, 0.29) is 0 Å². The summed E-state index contributed by atoms with van der Waals surface area (Å²) in [5, 5.41) is 0.318. The van der Waals surface area contributed by atoms with Gasteiger partial charge in [0.15, 0.2) is 5.65 Å². The van der Waals surface area contributed by atoms with Gasteiger partial charge >= 0.3 is 0 Å². The molecule has 0 fully saturated rings. The van der Waals surface area contributed by atoms with Gasteiger partial charge in [-0.25, -0.2) is 9.97 Å². The van der Waals surface area contributed by atoms with Crippen molar-refractivity contribution in [3.8, 4) is 11.4 Å². The lowest BCUT2D eigenvalue weighted by Crippen LogP contribution is -1.76. The maximum atomic E-state index is 5.88. The lowest BCUT2D eigenvalue weighted by atomic mass is 10.3. The van der Waals surface area contributed by atoms with Crippen LogP contribution in [0.1, 0.15) is 0 Å². The highest BCUT2D eigenvalue weighted by molar-refractivity contribution is 9.10. The quantitative estimate of drug-likeness (QED) is 0.746. The molecule has 0 aliphatic rings. The fraction of sp³-hybridized carbons (Fsp3) is 0. The minimum absolute atomic E-state index is 0.318. The van der Waals surface area contributed by atoms with Crippen molar-refractivity contribution in [2.45, 2.75) is 0 Å². The molecule has 0 atom stereocenters. The maximum Gasteiger partial charge on any atom is 0.203 e. The standard InChI is InChI=1S/C10H5BrClN3O/c11-5-3-7-10(13-4-5)15-9(14-7)6-1-2-16-8(6)12/h1-4H,(H,13,14,15). The van der Waals surface area contributed by atoms with E-state index in [4.69, 9.17) is 16.0 Å². The Balaban J connectivity index is 2.23. The van der Waals surface area contributed by atoms with E-state index in [1.165, 1.54) is 6.26 Å². The molecular formula is C10H5BrClN3O. The number of pyridine rings is 1. The summed E-state index contributed by atoms with van der Waals surface area (Å²) < 4.78 is 5.91. The van der Waals surface area contributed by atoms with Gasteiger partial charge in [0.05, 0.1) is 17.3 Å². The largest absolute Gasteiger partial charge is 0.452 e. The van der Waals surface area contributed by atoms with Crippen molar-refractivity contribution in [2.24, 2.45) is 0 Å². The van der Waals surface area contributed by atoms with E-state index < -0.39 is 0 Å². The first kappa shape index (κ1) is 9.86. The molecule has 6 heteroatoms. The van der Waals surface area contributed by atoms with E-state index in [1.54, 1.807) is 12.3 Å². The predicted molar refractivity (Wildman–Crippen MR) is 64.3 cm³/mol. The molecule has 0 aliphatic carbocycles. The summed E-state index contributed by atoms with van der Waals surface area (Å²) in [4.78, 5) is 11.6. The van der Waals surface area contributed by atoms with E-state index in [1.807, 2.05) is 6.07 Å². The van der Waals surface area contributed by atoms with E-state index in [9.17, 15) is 0 Å². The Morgan fingerprint density at radius 1 is 1.44 bits per heavy atom. The molecule has 80 valence electrons. The van der Waals surface area contributed by atoms with Crippen molar-refractivity contribution in [2.75, 3.05) is 0 Å². The van der Waals surface area contributed by atoms with Crippen LogP contribution in [0.4, 0.5) is 0 Å². The molecule has 0 unspecified atom stereocenters. The number of imidazole rings is 1. The topological polar surface area (TPSA) is 54.7 Å². The minimum Gasteiger partial charge on any atom is -0.452 e. The first-order chi connectivity index (χ1) is 7.74. The summed E-state index contributed by atoms with van der Waals surface area (Å²) in [5.41, 5.74) is 2.23. The van der Waals surface area contributed by atoms with Gasteiger partial charge in [-0.15, -0.1) is 0 Å². The number of nitrogens with one attached hydrogen (secondary N) is 1. The molecule has 3 heterocycles. The van der Waals surface area contributed by atoms with Crippen LogP contribution in [0.15, 0.2) is 33.5 Å². The Hall–Kier alpha value is -1.33. The van der Waals surface area contributed by atoms with Gasteiger partial charge in [0.1, 0.15) is 5.82 Å². The first-order valence-corrected chi connectivity index (χ1v) is 5.66. The van der Waals surface area contributed by atoms with Crippen LogP contribution < -0.4 is 0 Å². The third-order valence-electron chi connectivity index (χ3n) is 2.18. The number of nitrogens with zero attached hydrogens (tertiary/aromatic N) is 2. The second-order valence-corrected chi connectivity index (χ2v) is 4.48. The van der Waals surface area contributed by atoms with Crippen LogP contribution >= 0.6 is 27.5 Å². The average molecular weight is 299 g/mol. The monoisotopic (exact) mass is 297 g/mol. The third kappa shape index (κ3) is 1.52. The zero-order chi connectivity index (χ0) is 11.1. The third-order valence-corrected chi connectivity index (χ3v) is 2.90. The summed E-state index contributed by atoms with van der Waals surface area (Å²) in [5.74, 6) is 0.652. The van der Waals surface area contributed by atoms with Gasteiger partial charge in [0.25, 0.3) is 0 Å². The summed E-state index contributed by atoms with van der Waals surface area (Å²) in [6.07, 6.45) is 3.22. The highest BCUT2D eigenvalue weighted by Gasteiger charge is 2.11.